The molecule has 32 heavy (non-hydrogen) atoms. The number of rotatable bonds is 3. The van der Waals surface area contributed by atoms with Crippen LogP contribution in [0.1, 0.15) is 23.7 Å². The first-order valence-corrected chi connectivity index (χ1v) is 10.3. The van der Waals surface area contributed by atoms with Crippen molar-refractivity contribution in [3.63, 3.8) is 0 Å². The topological polar surface area (TPSA) is 64.1 Å². The molecule has 0 unspecified atom stereocenters. The number of aromatic nitrogens is 1. The second-order valence-electron chi connectivity index (χ2n) is 8.24. The SMILES string of the molecule is N#C[C@H]1CCN([C@H]2COc3cc(F)ccc3[C@@H]2Nc2cccc3[nH]c(C(F)(F)F)cc23)C1. The van der Waals surface area contributed by atoms with Gasteiger partial charge in [0.25, 0.3) is 0 Å². The smallest absolute Gasteiger partial charge is 0.431 e. The Labute approximate surface area is 181 Å². The molecule has 5 rings (SSSR count). The van der Waals surface area contributed by atoms with Crippen LogP contribution in [0.25, 0.3) is 10.9 Å². The van der Waals surface area contributed by atoms with Gasteiger partial charge >= 0.3 is 6.18 Å². The quantitative estimate of drug-likeness (QED) is 0.553. The highest BCUT2D eigenvalue weighted by Crippen LogP contribution is 2.40. The lowest BCUT2D eigenvalue weighted by molar-refractivity contribution is -0.140. The van der Waals surface area contributed by atoms with E-state index in [0.29, 0.717) is 35.4 Å². The van der Waals surface area contributed by atoms with E-state index in [1.807, 2.05) is 0 Å². The average molecular weight is 444 g/mol. The Morgan fingerprint density at radius 2 is 2.03 bits per heavy atom. The van der Waals surface area contributed by atoms with Gasteiger partial charge in [0.1, 0.15) is 23.9 Å². The van der Waals surface area contributed by atoms with Gasteiger partial charge in [0, 0.05) is 41.3 Å². The summed E-state index contributed by atoms with van der Waals surface area (Å²) in [6.45, 7) is 1.59. The lowest BCUT2D eigenvalue weighted by Gasteiger charge is -2.39. The van der Waals surface area contributed by atoms with Gasteiger partial charge in [-0.25, -0.2) is 4.39 Å². The van der Waals surface area contributed by atoms with E-state index >= 15 is 0 Å². The minimum Gasteiger partial charge on any atom is -0.491 e. The maximum atomic E-state index is 13.8. The number of ether oxygens (including phenoxy) is 1. The minimum atomic E-state index is -4.48. The van der Waals surface area contributed by atoms with Crippen LogP contribution in [0, 0.1) is 23.1 Å². The third-order valence-electron chi connectivity index (χ3n) is 6.26. The Balaban J connectivity index is 1.55. The summed E-state index contributed by atoms with van der Waals surface area (Å²) >= 11 is 0. The highest BCUT2D eigenvalue weighted by Gasteiger charge is 2.39. The molecule has 1 aromatic heterocycles. The molecule has 0 saturated carbocycles. The van der Waals surface area contributed by atoms with Gasteiger partial charge < -0.3 is 15.0 Å². The van der Waals surface area contributed by atoms with Crippen LogP contribution >= 0.6 is 0 Å². The summed E-state index contributed by atoms with van der Waals surface area (Å²) in [5.74, 6) is -0.0889. The lowest BCUT2D eigenvalue weighted by atomic mass is 9.94. The van der Waals surface area contributed by atoms with Crippen LogP contribution in [0.2, 0.25) is 0 Å². The van der Waals surface area contributed by atoms with Crippen LogP contribution in [0.5, 0.6) is 5.75 Å². The lowest BCUT2D eigenvalue weighted by Crippen LogP contribution is -2.47. The molecule has 0 bridgehead atoms. The molecule has 2 aliphatic rings. The molecule has 9 heteroatoms. The van der Waals surface area contributed by atoms with Crippen molar-refractivity contribution in [2.45, 2.75) is 24.7 Å². The number of aromatic amines is 1. The van der Waals surface area contributed by atoms with Crippen LogP contribution in [0.4, 0.5) is 23.2 Å². The molecule has 3 heterocycles. The molecule has 2 aromatic carbocycles. The van der Waals surface area contributed by atoms with Gasteiger partial charge in [-0.05, 0) is 30.7 Å². The van der Waals surface area contributed by atoms with E-state index in [1.54, 1.807) is 24.3 Å². The van der Waals surface area contributed by atoms with E-state index in [0.717, 1.165) is 18.1 Å². The second kappa shape index (κ2) is 7.71. The zero-order valence-corrected chi connectivity index (χ0v) is 16.9. The number of nitrogens with one attached hydrogen (secondary N) is 2. The Morgan fingerprint density at radius 1 is 1.19 bits per heavy atom. The van der Waals surface area contributed by atoms with E-state index in [1.165, 1.54) is 12.1 Å². The van der Waals surface area contributed by atoms with Crippen LogP contribution in [0.3, 0.4) is 0 Å². The van der Waals surface area contributed by atoms with Gasteiger partial charge in [0.2, 0.25) is 0 Å². The Hall–Kier alpha value is -3.25. The second-order valence-corrected chi connectivity index (χ2v) is 8.24. The standard InChI is InChI=1S/C23H20F4N4O/c24-14-4-5-15-20(8-14)32-12-19(31-7-6-13(10-28)11-31)22(15)30-18-3-1-2-17-16(18)9-21(29-17)23(25,26)27/h1-5,8-9,13,19,22,29-30H,6-7,11-12H2/t13-,19+,22+/m1/s1. The van der Waals surface area contributed by atoms with Crippen LogP contribution in [0.15, 0.2) is 42.5 Å². The molecule has 2 aliphatic heterocycles. The molecule has 0 amide bonds. The molecule has 2 N–H and O–H groups in total. The van der Waals surface area contributed by atoms with Gasteiger partial charge in [0.05, 0.1) is 24.1 Å². The van der Waals surface area contributed by atoms with E-state index in [-0.39, 0.29) is 24.6 Å². The maximum absolute atomic E-state index is 13.8. The van der Waals surface area contributed by atoms with Gasteiger partial charge in [-0.15, -0.1) is 0 Å². The molecule has 3 aromatic rings. The van der Waals surface area contributed by atoms with Crippen molar-refractivity contribution in [1.82, 2.24) is 9.88 Å². The van der Waals surface area contributed by atoms with Gasteiger partial charge in [0.15, 0.2) is 0 Å². The largest absolute Gasteiger partial charge is 0.491 e. The molecule has 166 valence electrons. The molecular formula is C23H20F4N4O. The number of H-pyrrole nitrogens is 1. The highest BCUT2D eigenvalue weighted by atomic mass is 19.4. The molecule has 5 nitrogen and oxygen atoms in total. The number of fused-ring (bicyclic) bond motifs is 2. The number of nitrogens with zero attached hydrogens (tertiary/aromatic N) is 2. The predicted octanol–water partition coefficient (Wildman–Crippen LogP) is 5.09. The summed E-state index contributed by atoms with van der Waals surface area (Å²) in [6, 6.07) is 12.2. The number of hydrogen-bond acceptors (Lipinski definition) is 4. The van der Waals surface area contributed by atoms with Crippen LogP contribution in [-0.4, -0.2) is 35.6 Å². The molecule has 0 aliphatic carbocycles. The Morgan fingerprint density at radius 3 is 2.78 bits per heavy atom. The first kappa shape index (κ1) is 20.6. The van der Waals surface area contributed by atoms with Gasteiger partial charge in [-0.3, -0.25) is 4.90 Å². The molecule has 0 radical (unpaired) electrons. The van der Waals surface area contributed by atoms with Crippen molar-refractivity contribution < 1.29 is 22.3 Å². The number of anilines is 1. The summed E-state index contributed by atoms with van der Waals surface area (Å²) in [4.78, 5) is 4.60. The van der Waals surface area contributed by atoms with Crippen molar-refractivity contribution in [3.05, 3.63) is 59.5 Å². The third-order valence-corrected chi connectivity index (χ3v) is 6.26. The van der Waals surface area contributed by atoms with Crippen molar-refractivity contribution in [3.8, 4) is 11.8 Å². The van der Waals surface area contributed by atoms with E-state index in [2.05, 4.69) is 21.3 Å². The Kier molecular flexibility index (Phi) is 4.97. The van der Waals surface area contributed by atoms with E-state index < -0.39 is 17.7 Å². The number of nitriles is 1. The molecular weight excluding hydrogens is 424 g/mol. The normalized spacial score (nSPS) is 23.5. The van der Waals surface area contributed by atoms with Gasteiger partial charge in [-0.2, -0.15) is 18.4 Å². The summed E-state index contributed by atoms with van der Waals surface area (Å²) < 4.78 is 59.4. The first-order valence-electron chi connectivity index (χ1n) is 10.3. The number of hydrogen-bond donors (Lipinski definition) is 2. The van der Waals surface area contributed by atoms with E-state index in [9.17, 15) is 22.8 Å². The van der Waals surface area contributed by atoms with E-state index in [4.69, 9.17) is 4.74 Å². The van der Waals surface area contributed by atoms with Crippen molar-refractivity contribution in [1.29, 1.82) is 5.26 Å². The van der Waals surface area contributed by atoms with Crippen LogP contribution < -0.4 is 10.1 Å². The predicted molar refractivity (Wildman–Crippen MR) is 111 cm³/mol. The summed E-state index contributed by atoms with van der Waals surface area (Å²) in [5, 5.41) is 13.1. The van der Waals surface area contributed by atoms with Gasteiger partial charge in [-0.1, -0.05) is 12.1 Å². The number of benzene rings is 2. The zero-order valence-electron chi connectivity index (χ0n) is 16.9. The van der Waals surface area contributed by atoms with Crippen molar-refractivity contribution in [2.75, 3.05) is 25.0 Å². The highest BCUT2D eigenvalue weighted by molar-refractivity contribution is 5.93. The van der Waals surface area contributed by atoms with Crippen LogP contribution in [-0.2, 0) is 6.18 Å². The van der Waals surface area contributed by atoms with Crippen molar-refractivity contribution in [2.24, 2.45) is 5.92 Å². The Bertz CT molecular complexity index is 1200. The fourth-order valence-corrected chi connectivity index (χ4v) is 4.65. The molecule has 0 spiro atoms. The first-order chi connectivity index (χ1) is 15.3. The number of likely N-dealkylation sites (tertiary alicyclic amines) is 1. The zero-order chi connectivity index (χ0) is 22.5. The number of halogens is 4. The van der Waals surface area contributed by atoms with Crippen molar-refractivity contribution >= 4 is 16.6 Å². The molecule has 1 fully saturated rings. The average Bonchev–Trinajstić information content (AvgIpc) is 3.41. The fourth-order valence-electron chi connectivity index (χ4n) is 4.65. The molecule has 1 saturated heterocycles. The third kappa shape index (κ3) is 3.65. The summed E-state index contributed by atoms with van der Waals surface area (Å²) in [6.07, 6.45) is -3.73. The summed E-state index contributed by atoms with van der Waals surface area (Å²) in [7, 11) is 0. The maximum Gasteiger partial charge on any atom is 0.431 e. The summed E-state index contributed by atoms with van der Waals surface area (Å²) in [5.41, 5.74) is 0.823. The minimum absolute atomic E-state index is 0.0762. The molecule has 3 atom stereocenters. The number of alkyl halides is 3. The fraction of sp³-hybridized carbons (Fsp3) is 0.348. The monoisotopic (exact) mass is 444 g/mol.